The molecular weight excluding hydrogens is 1680 g/mol. The number of hydrogen-bond donors (Lipinski definition) is 3. The molecule has 4 aliphatic heterocycles. The van der Waals surface area contributed by atoms with Crippen LogP contribution in [-0.2, 0) is 26.2 Å². The number of rotatable bonds is 19. The Hall–Kier alpha value is -11.0. The standard InChI is InChI=1S/C28H29ClFN3.C28H34FN3.C27H28ClFN4.C26H33FN4O.CH4/c1-18-13-23(22-9-5-6-10-24(22)29)27-25(14-18)33(28(31-27)32-11-7-4-8-12-32)17-21-15-19(2)26(30)20(3)16-21;1-19-14-24(23-10-6-4-7-11-23)27-25(15-19)32(28(30-27)31-12-8-5-9-13-31)18-22-16-20(2)26(29)21(3)17-22;1-16-8-22(21-6-4-5-7-23(21)28)26-24(9-16)33(27(32-26)31-14-20-12-30-13-20)15-19-10-17(2)25(29)18(3)11-19;1-17-12-22-25(23(13-17)32-21-6-4-5-7-21)29-26(30-10-8-28-9-11-30)31(22)16-20-14-18(2)24(27)19(3)15-20;/h5-6,9-10,13-16H,4,7-8,11-12,17H2,1-3H3;10,14-17H,4-9,11-13,18H2,1-3H3;4-11,20,30H,12-15H2,1-3H3,(H,31,32);12-15,21,28H,4-11,16H2,1-3H3;1H4. The van der Waals surface area contributed by atoms with Gasteiger partial charge in [0, 0.05) is 116 Å². The van der Waals surface area contributed by atoms with Crippen molar-refractivity contribution in [2.75, 3.05) is 92.0 Å². The van der Waals surface area contributed by atoms with E-state index < -0.39 is 0 Å². The highest BCUT2D eigenvalue weighted by atomic mass is 35.5. The number of ether oxygens (including phenoxy) is 1. The van der Waals surface area contributed by atoms with Crippen molar-refractivity contribution in [1.82, 2.24) is 48.8 Å². The van der Waals surface area contributed by atoms with Crippen molar-refractivity contribution in [3.05, 3.63) is 280 Å². The number of imidazole rings is 4. The average molecular weight is 1810 g/mol. The Morgan fingerprint density at radius 1 is 0.382 bits per heavy atom. The van der Waals surface area contributed by atoms with E-state index in [1.54, 1.807) is 0 Å². The molecule has 0 atom stereocenters. The molecule has 4 aromatic heterocycles. The van der Waals surface area contributed by atoms with Gasteiger partial charge < -0.3 is 53.7 Å². The SMILES string of the molecule is C.Cc1cc(-c2ccccc2Cl)c2nc(N3CCCCC3)n(Cc3cc(C)c(F)c(C)c3)c2c1.Cc1cc(-c2ccccc2Cl)c2nc(NCC3CNC3)n(Cc3cc(C)c(F)c(C)c3)c2c1.Cc1cc(C2=CCCCC2)c2nc(N3CCCCC3)n(Cc3cc(C)c(F)c(C)c3)c2c1.Cc1cc(OC2CCCC2)c2nc(N3CCNCC3)n(Cc3cc(C)c(F)c(C)c3)c2c1. The number of nitrogens with zero attached hydrogens (tertiary/aromatic N) is 11. The second kappa shape index (κ2) is 41.0. The average Bonchev–Trinajstić information content (AvgIpc) is 1.58. The van der Waals surface area contributed by atoms with E-state index in [1.165, 1.54) is 98.4 Å². The van der Waals surface area contributed by atoms with Gasteiger partial charge in [-0.15, -0.1) is 0 Å². The van der Waals surface area contributed by atoms with Crippen LogP contribution < -0.4 is 35.4 Å². The van der Waals surface area contributed by atoms with E-state index in [1.807, 2.05) is 146 Å². The lowest BCUT2D eigenvalue weighted by Gasteiger charge is -2.29. The van der Waals surface area contributed by atoms with Crippen molar-refractivity contribution in [2.24, 2.45) is 5.92 Å². The summed E-state index contributed by atoms with van der Waals surface area (Å²) < 4.78 is 72.8. The number of aromatic nitrogens is 8. The molecule has 0 amide bonds. The van der Waals surface area contributed by atoms with Gasteiger partial charge in [0.1, 0.15) is 34.5 Å². The molecule has 2 aliphatic carbocycles. The molecule has 686 valence electrons. The molecule has 1 saturated carbocycles. The molecule has 5 fully saturated rings. The van der Waals surface area contributed by atoms with Gasteiger partial charge in [0.2, 0.25) is 23.8 Å². The summed E-state index contributed by atoms with van der Waals surface area (Å²) >= 11 is 13.2. The van der Waals surface area contributed by atoms with Gasteiger partial charge in [-0.1, -0.05) is 122 Å². The first-order valence-corrected chi connectivity index (χ1v) is 47.9. The van der Waals surface area contributed by atoms with Gasteiger partial charge in [0.25, 0.3) is 0 Å². The van der Waals surface area contributed by atoms with Crippen LogP contribution in [0.1, 0.15) is 192 Å². The summed E-state index contributed by atoms with van der Waals surface area (Å²) in [5.41, 5.74) is 29.8. The van der Waals surface area contributed by atoms with Crippen molar-refractivity contribution in [3.8, 4) is 28.0 Å². The van der Waals surface area contributed by atoms with Crippen LogP contribution in [0.5, 0.6) is 5.75 Å². The van der Waals surface area contributed by atoms with E-state index in [9.17, 15) is 17.6 Å². The number of benzene rings is 10. The minimum atomic E-state index is -0.137. The van der Waals surface area contributed by atoms with Crippen LogP contribution in [0.15, 0.2) is 152 Å². The molecular formula is C110H128Cl2F4N14O. The van der Waals surface area contributed by atoms with Gasteiger partial charge in [-0.2, -0.15) is 0 Å². The highest BCUT2D eigenvalue weighted by Gasteiger charge is 2.30. The number of halogens is 6. The molecule has 3 N–H and O–H groups in total. The summed E-state index contributed by atoms with van der Waals surface area (Å²) in [4.78, 5) is 27.9. The van der Waals surface area contributed by atoms with Crippen molar-refractivity contribution in [2.45, 2.75) is 213 Å². The van der Waals surface area contributed by atoms with Crippen molar-refractivity contribution in [3.63, 3.8) is 0 Å². The van der Waals surface area contributed by atoms with E-state index in [2.05, 4.69) is 137 Å². The van der Waals surface area contributed by atoms with Crippen molar-refractivity contribution < 1.29 is 22.3 Å². The van der Waals surface area contributed by atoms with Gasteiger partial charge >= 0.3 is 0 Å². The maximum atomic E-state index is 14.3. The number of piperazine rings is 1. The van der Waals surface area contributed by atoms with Crippen molar-refractivity contribution in [1.29, 1.82) is 0 Å². The number of fused-ring (bicyclic) bond motifs is 4. The first-order valence-electron chi connectivity index (χ1n) is 47.2. The molecule has 20 rings (SSSR count). The molecule has 0 bridgehead atoms. The number of anilines is 4. The Bertz CT molecular complexity index is 6450. The molecule has 10 aromatic carbocycles. The normalized spacial score (nSPS) is 15.6. The maximum Gasteiger partial charge on any atom is 0.207 e. The monoisotopic (exact) mass is 1810 g/mol. The molecule has 6 aliphatic rings. The number of allylic oxidation sites excluding steroid dienone is 2. The maximum absolute atomic E-state index is 14.3. The quantitative estimate of drug-likeness (QED) is 0.0670. The Balaban J connectivity index is 0.000000127. The van der Waals surface area contributed by atoms with Gasteiger partial charge in [-0.05, 0) is 328 Å². The predicted octanol–water partition coefficient (Wildman–Crippen LogP) is 26.2. The fraction of sp³-hybridized carbons (Fsp3) is 0.400. The molecule has 0 spiro atoms. The fourth-order valence-corrected chi connectivity index (χ4v) is 20.7. The van der Waals surface area contributed by atoms with E-state index >= 15 is 0 Å². The smallest absolute Gasteiger partial charge is 0.207 e. The molecule has 4 saturated heterocycles. The first kappa shape index (κ1) is 93.3. The highest BCUT2D eigenvalue weighted by molar-refractivity contribution is 6.34. The Labute approximate surface area is 781 Å². The van der Waals surface area contributed by atoms with Crippen LogP contribution in [0.4, 0.5) is 41.4 Å². The second-order valence-electron chi connectivity index (χ2n) is 37.6. The summed E-state index contributed by atoms with van der Waals surface area (Å²) in [6.45, 7) is 36.6. The molecule has 21 heteroatoms. The van der Waals surface area contributed by atoms with Crippen LogP contribution in [0, 0.1) is 112 Å². The molecule has 0 unspecified atom stereocenters. The van der Waals surface area contributed by atoms with Crippen LogP contribution in [-0.4, -0.2) is 116 Å². The highest BCUT2D eigenvalue weighted by Crippen LogP contribution is 2.43. The molecule has 0 radical (unpaired) electrons. The molecule has 15 nitrogen and oxygen atoms in total. The molecule has 8 heterocycles. The van der Waals surface area contributed by atoms with Crippen LogP contribution >= 0.6 is 23.2 Å². The lowest BCUT2D eigenvalue weighted by Crippen LogP contribution is -2.45. The summed E-state index contributed by atoms with van der Waals surface area (Å²) in [5, 5.41) is 11.8. The van der Waals surface area contributed by atoms with E-state index in [-0.39, 0.29) is 36.8 Å². The van der Waals surface area contributed by atoms with Gasteiger partial charge in [-0.3, -0.25) is 0 Å². The molecule has 131 heavy (non-hydrogen) atoms. The van der Waals surface area contributed by atoms with Crippen LogP contribution in [0.3, 0.4) is 0 Å². The zero-order valence-corrected chi connectivity index (χ0v) is 79.2. The Morgan fingerprint density at radius 3 is 1.15 bits per heavy atom. The van der Waals surface area contributed by atoms with Gasteiger partial charge in [0.05, 0.1) is 70.9 Å². The van der Waals surface area contributed by atoms with Crippen LogP contribution in [0.25, 0.3) is 72.0 Å². The second-order valence-corrected chi connectivity index (χ2v) is 38.4. The predicted molar refractivity (Wildman–Crippen MR) is 537 cm³/mol. The summed E-state index contributed by atoms with van der Waals surface area (Å²) in [7, 11) is 0. The Morgan fingerprint density at radius 2 is 0.748 bits per heavy atom. The number of aryl methyl sites for hydroxylation is 12. The lowest BCUT2D eigenvalue weighted by atomic mass is 9.92. The van der Waals surface area contributed by atoms with E-state index in [0.29, 0.717) is 81.6 Å². The summed E-state index contributed by atoms with van der Waals surface area (Å²) in [6.07, 6.45) is 19.6. The van der Waals surface area contributed by atoms with Crippen LogP contribution in [0.2, 0.25) is 10.0 Å². The first-order chi connectivity index (χ1) is 62.8. The zero-order chi connectivity index (χ0) is 90.7. The number of hydrogen-bond acceptors (Lipinski definition) is 11. The van der Waals surface area contributed by atoms with E-state index in [0.717, 1.165) is 220 Å². The Kier molecular flexibility index (Phi) is 29.2. The largest absolute Gasteiger partial charge is 0.488 e. The summed E-state index contributed by atoms with van der Waals surface area (Å²) in [5.74, 6) is 4.89. The minimum absolute atomic E-state index is 0. The third-order valence-corrected chi connectivity index (χ3v) is 27.6. The lowest BCUT2D eigenvalue weighted by molar-refractivity contribution is 0.212. The fourth-order valence-electron chi connectivity index (χ4n) is 20.3. The van der Waals surface area contributed by atoms with E-state index in [4.69, 9.17) is 47.9 Å². The zero-order valence-electron chi connectivity index (χ0n) is 77.7. The molecule has 14 aromatic rings. The minimum Gasteiger partial charge on any atom is -0.488 e. The van der Waals surface area contributed by atoms with Crippen molar-refractivity contribution >= 4 is 96.7 Å². The number of nitrogens with one attached hydrogen (secondary N) is 3. The van der Waals surface area contributed by atoms with Gasteiger partial charge in [-0.25, -0.2) is 37.5 Å². The number of piperidine rings is 2. The third kappa shape index (κ3) is 20.6. The third-order valence-electron chi connectivity index (χ3n) is 26.9. The van der Waals surface area contributed by atoms with Gasteiger partial charge in [0.15, 0.2) is 0 Å². The topological polar surface area (TPSA) is 126 Å². The summed E-state index contributed by atoms with van der Waals surface area (Å²) in [6, 6.07) is 49.2.